The number of benzene rings is 2. The number of carbonyl (C=O) groups excluding carboxylic acids is 2. The minimum atomic E-state index is -1.24. The van der Waals surface area contributed by atoms with E-state index >= 15 is 0 Å². The Kier molecular flexibility index (Phi) is 5.41. The molecule has 0 spiro atoms. The summed E-state index contributed by atoms with van der Waals surface area (Å²) in [6.45, 7) is 9.16. The maximum atomic E-state index is 13.6. The standard InChI is InChI=1S/C24H27NO3/c1-5-16-24(4)21(26)25(18(2)20-14-10-7-11-15-20)23(3,22(27)28-24)17-19-12-8-6-9-13-19/h5-15,18H,1,16-17H2,2-4H3/t18-,23-,24-/m0/s1. The minimum Gasteiger partial charge on any atom is -0.447 e. The Morgan fingerprint density at radius 1 is 1.04 bits per heavy atom. The molecule has 28 heavy (non-hydrogen) atoms. The fraction of sp³-hybridized carbons (Fsp3) is 0.333. The highest BCUT2D eigenvalue weighted by atomic mass is 16.6. The van der Waals surface area contributed by atoms with Crippen LogP contribution in [0.3, 0.4) is 0 Å². The maximum absolute atomic E-state index is 13.6. The van der Waals surface area contributed by atoms with Crippen LogP contribution >= 0.6 is 0 Å². The molecule has 2 aromatic carbocycles. The molecule has 0 aromatic heterocycles. The molecule has 0 aliphatic carbocycles. The normalized spacial score (nSPS) is 25.9. The van der Waals surface area contributed by atoms with E-state index < -0.39 is 11.1 Å². The first-order valence-corrected chi connectivity index (χ1v) is 9.59. The zero-order valence-electron chi connectivity index (χ0n) is 16.7. The van der Waals surface area contributed by atoms with Gasteiger partial charge in [0, 0.05) is 12.8 Å². The summed E-state index contributed by atoms with van der Waals surface area (Å²) in [5, 5.41) is 0. The zero-order valence-corrected chi connectivity index (χ0v) is 16.7. The Morgan fingerprint density at radius 2 is 1.61 bits per heavy atom. The molecule has 3 rings (SSSR count). The van der Waals surface area contributed by atoms with E-state index in [0.717, 1.165) is 11.1 Å². The van der Waals surface area contributed by atoms with Gasteiger partial charge in [0.1, 0.15) is 5.54 Å². The number of esters is 1. The van der Waals surface area contributed by atoms with Crippen molar-refractivity contribution in [1.29, 1.82) is 0 Å². The lowest BCUT2D eigenvalue weighted by atomic mass is 9.83. The van der Waals surface area contributed by atoms with Gasteiger partial charge in [0.05, 0.1) is 6.04 Å². The number of hydrogen-bond donors (Lipinski definition) is 0. The van der Waals surface area contributed by atoms with Crippen LogP contribution in [0.2, 0.25) is 0 Å². The lowest BCUT2D eigenvalue weighted by molar-refractivity contribution is -0.203. The van der Waals surface area contributed by atoms with Crippen molar-refractivity contribution in [2.75, 3.05) is 0 Å². The average Bonchev–Trinajstić information content (AvgIpc) is 2.68. The molecule has 1 aliphatic heterocycles. The van der Waals surface area contributed by atoms with E-state index in [1.807, 2.05) is 67.6 Å². The Hall–Kier alpha value is -2.88. The second-order valence-electron chi connectivity index (χ2n) is 7.81. The molecular formula is C24H27NO3. The van der Waals surface area contributed by atoms with E-state index in [1.165, 1.54) is 0 Å². The highest BCUT2D eigenvalue weighted by Crippen LogP contribution is 2.40. The highest BCUT2D eigenvalue weighted by Gasteiger charge is 2.57. The van der Waals surface area contributed by atoms with E-state index in [4.69, 9.17) is 4.74 Å². The number of rotatable bonds is 6. The summed E-state index contributed by atoms with van der Waals surface area (Å²) < 4.78 is 5.73. The smallest absolute Gasteiger partial charge is 0.333 e. The second-order valence-corrected chi connectivity index (χ2v) is 7.81. The molecule has 1 heterocycles. The monoisotopic (exact) mass is 377 g/mol. The van der Waals surface area contributed by atoms with Crippen molar-refractivity contribution in [2.45, 2.75) is 50.8 Å². The summed E-state index contributed by atoms with van der Waals surface area (Å²) >= 11 is 0. The molecule has 3 atom stereocenters. The Bertz CT molecular complexity index is 864. The molecule has 4 nitrogen and oxygen atoms in total. The van der Waals surface area contributed by atoms with E-state index in [9.17, 15) is 9.59 Å². The van der Waals surface area contributed by atoms with Gasteiger partial charge in [-0.1, -0.05) is 66.7 Å². The molecule has 146 valence electrons. The van der Waals surface area contributed by atoms with Gasteiger partial charge in [-0.25, -0.2) is 4.79 Å². The number of nitrogens with zero attached hydrogens (tertiary/aromatic N) is 1. The van der Waals surface area contributed by atoms with Crippen molar-refractivity contribution < 1.29 is 14.3 Å². The first-order chi connectivity index (χ1) is 13.3. The van der Waals surface area contributed by atoms with Gasteiger partial charge in [-0.2, -0.15) is 0 Å². The van der Waals surface area contributed by atoms with Crippen LogP contribution in [0.5, 0.6) is 0 Å². The molecule has 2 aromatic rings. The van der Waals surface area contributed by atoms with Crippen LogP contribution in [0.1, 0.15) is 44.4 Å². The molecule has 4 heteroatoms. The minimum absolute atomic E-state index is 0.193. The topological polar surface area (TPSA) is 46.6 Å². The highest BCUT2D eigenvalue weighted by molar-refractivity contribution is 5.98. The van der Waals surface area contributed by atoms with Gasteiger partial charge in [-0.05, 0) is 31.9 Å². The molecule has 0 N–H and O–H groups in total. The zero-order chi connectivity index (χ0) is 20.4. The van der Waals surface area contributed by atoms with Crippen LogP contribution in [-0.2, 0) is 20.7 Å². The van der Waals surface area contributed by atoms with Gasteiger partial charge in [0.25, 0.3) is 5.91 Å². The van der Waals surface area contributed by atoms with Crippen LogP contribution < -0.4 is 0 Å². The summed E-state index contributed by atoms with van der Waals surface area (Å²) in [5.74, 6) is -0.579. The van der Waals surface area contributed by atoms with Crippen molar-refractivity contribution in [2.24, 2.45) is 0 Å². The summed E-state index contributed by atoms with van der Waals surface area (Å²) in [5.41, 5.74) is -0.384. The molecule has 0 radical (unpaired) electrons. The van der Waals surface area contributed by atoms with E-state index in [-0.39, 0.29) is 24.3 Å². The summed E-state index contributed by atoms with van der Waals surface area (Å²) in [4.78, 5) is 28.6. The van der Waals surface area contributed by atoms with E-state index in [1.54, 1.807) is 24.8 Å². The molecule has 1 saturated heterocycles. The second kappa shape index (κ2) is 7.63. The molecule has 1 fully saturated rings. The fourth-order valence-electron chi connectivity index (χ4n) is 3.97. The molecule has 1 amide bonds. The number of carbonyl (C=O) groups is 2. The van der Waals surface area contributed by atoms with Gasteiger partial charge < -0.3 is 9.64 Å². The molecule has 0 saturated carbocycles. The third-order valence-corrected chi connectivity index (χ3v) is 5.55. The quantitative estimate of drug-likeness (QED) is 0.551. The van der Waals surface area contributed by atoms with Crippen LogP contribution in [0.25, 0.3) is 0 Å². The number of amides is 1. The lowest BCUT2D eigenvalue weighted by Crippen LogP contribution is -2.68. The van der Waals surface area contributed by atoms with Crippen LogP contribution in [0.4, 0.5) is 0 Å². The number of cyclic esters (lactones) is 1. The maximum Gasteiger partial charge on any atom is 0.333 e. The van der Waals surface area contributed by atoms with Crippen molar-refractivity contribution in [3.05, 3.63) is 84.4 Å². The van der Waals surface area contributed by atoms with Crippen LogP contribution in [0.15, 0.2) is 73.3 Å². The van der Waals surface area contributed by atoms with Gasteiger partial charge in [-0.15, -0.1) is 6.58 Å². The number of hydrogen-bond acceptors (Lipinski definition) is 3. The van der Waals surface area contributed by atoms with Crippen molar-refractivity contribution in [3.8, 4) is 0 Å². The van der Waals surface area contributed by atoms with Gasteiger partial charge >= 0.3 is 5.97 Å². The first-order valence-electron chi connectivity index (χ1n) is 9.59. The molecule has 0 bridgehead atoms. The molecular weight excluding hydrogens is 350 g/mol. The lowest BCUT2D eigenvalue weighted by Gasteiger charge is -2.51. The van der Waals surface area contributed by atoms with Gasteiger partial charge in [0.2, 0.25) is 0 Å². The van der Waals surface area contributed by atoms with E-state index in [0.29, 0.717) is 6.42 Å². The summed E-state index contributed by atoms with van der Waals surface area (Å²) in [6, 6.07) is 19.2. The predicted octanol–water partition coefficient (Wildman–Crippen LogP) is 4.47. The van der Waals surface area contributed by atoms with Crippen LogP contribution in [-0.4, -0.2) is 27.9 Å². The third-order valence-electron chi connectivity index (χ3n) is 5.55. The van der Waals surface area contributed by atoms with Crippen molar-refractivity contribution in [3.63, 3.8) is 0 Å². The van der Waals surface area contributed by atoms with Gasteiger partial charge in [-0.3, -0.25) is 4.79 Å². The summed E-state index contributed by atoms with van der Waals surface area (Å²) in [6.07, 6.45) is 2.28. The van der Waals surface area contributed by atoms with Crippen molar-refractivity contribution >= 4 is 11.9 Å². The van der Waals surface area contributed by atoms with Crippen molar-refractivity contribution in [1.82, 2.24) is 4.90 Å². The molecule has 1 aliphatic rings. The SMILES string of the molecule is C=CC[C@]1(C)OC(=O)[C@](C)(Cc2ccccc2)N([C@@H](C)c2ccccc2)C1=O. The largest absolute Gasteiger partial charge is 0.447 e. The Labute approximate surface area is 166 Å². The van der Waals surface area contributed by atoms with Gasteiger partial charge in [0.15, 0.2) is 5.60 Å². The number of ether oxygens (including phenoxy) is 1. The Balaban J connectivity index is 2.08. The number of morpholine rings is 1. The first kappa shape index (κ1) is 19.9. The Morgan fingerprint density at radius 3 is 2.18 bits per heavy atom. The summed E-state index contributed by atoms with van der Waals surface area (Å²) in [7, 11) is 0. The fourth-order valence-corrected chi connectivity index (χ4v) is 3.97. The average molecular weight is 377 g/mol. The van der Waals surface area contributed by atoms with Crippen LogP contribution in [0, 0.1) is 0 Å². The third kappa shape index (κ3) is 3.47. The predicted molar refractivity (Wildman–Crippen MR) is 110 cm³/mol. The van der Waals surface area contributed by atoms with E-state index in [2.05, 4.69) is 6.58 Å². The molecule has 0 unspecified atom stereocenters.